The third kappa shape index (κ3) is 4.94. The number of pyridine rings is 1. The number of hydrogen-bond donors (Lipinski definition) is 0. The van der Waals surface area contributed by atoms with Gasteiger partial charge in [0, 0.05) is 17.8 Å². The first-order valence-corrected chi connectivity index (χ1v) is 10.2. The van der Waals surface area contributed by atoms with Gasteiger partial charge in [0.1, 0.15) is 18.0 Å². The van der Waals surface area contributed by atoms with Gasteiger partial charge in [-0.3, -0.25) is 4.98 Å². The quantitative estimate of drug-likeness (QED) is 0.601. The molecule has 0 bridgehead atoms. The van der Waals surface area contributed by atoms with E-state index in [1.807, 2.05) is 0 Å². The lowest BCUT2D eigenvalue weighted by molar-refractivity contribution is -0.141. The Morgan fingerprint density at radius 3 is 2.45 bits per heavy atom. The van der Waals surface area contributed by atoms with Crippen molar-refractivity contribution in [1.82, 2.24) is 14.5 Å². The van der Waals surface area contributed by atoms with E-state index in [0.717, 1.165) is 6.20 Å². The predicted octanol–water partition coefficient (Wildman–Crippen LogP) is 3.80. The van der Waals surface area contributed by atoms with Crippen LogP contribution in [0.3, 0.4) is 0 Å². The zero-order valence-corrected chi connectivity index (χ0v) is 16.5. The first-order chi connectivity index (χ1) is 13.6. The molecule has 10 heteroatoms. The van der Waals surface area contributed by atoms with Crippen molar-refractivity contribution in [1.29, 1.82) is 0 Å². The Bertz CT molecular complexity index is 1110. The van der Waals surface area contributed by atoms with Gasteiger partial charge in [0.25, 0.3) is 0 Å². The Labute approximate surface area is 165 Å². The molecule has 0 fully saturated rings. The Morgan fingerprint density at radius 1 is 1.14 bits per heavy atom. The number of methoxy groups -OCH3 is 1. The molecule has 0 amide bonds. The van der Waals surface area contributed by atoms with Gasteiger partial charge in [0.05, 0.1) is 24.7 Å². The molecule has 1 aromatic carbocycles. The average Bonchev–Trinajstić information content (AvgIpc) is 3.04. The van der Waals surface area contributed by atoms with Crippen LogP contribution in [0.4, 0.5) is 13.2 Å². The monoisotopic (exact) mass is 425 g/mol. The van der Waals surface area contributed by atoms with Crippen LogP contribution < -0.4 is 4.74 Å². The molecular weight excluding hydrogens is 407 g/mol. The van der Waals surface area contributed by atoms with Crippen molar-refractivity contribution in [3.05, 3.63) is 60.0 Å². The molecular formula is C19H18F3N3O3S. The Morgan fingerprint density at radius 2 is 1.83 bits per heavy atom. The molecule has 2 aromatic heterocycles. The maximum Gasteiger partial charge on any atom is 0.406 e. The highest BCUT2D eigenvalue weighted by molar-refractivity contribution is 7.90. The van der Waals surface area contributed by atoms with Crippen LogP contribution in [0.1, 0.15) is 11.4 Å². The second-order valence-corrected chi connectivity index (χ2v) is 8.28. The number of alkyl halides is 3. The number of rotatable bonds is 6. The van der Waals surface area contributed by atoms with E-state index in [1.165, 1.54) is 13.2 Å². The molecule has 0 spiro atoms. The Balaban J connectivity index is 2.07. The highest BCUT2D eigenvalue weighted by Gasteiger charge is 2.34. The topological polar surface area (TPSA) is 74.1 Å². The molecule has 2 heterocycles. The van der Waals surface area contributed by atoms with Gasteiger partial charge in [-0.25, -0.2) is 13.4 Å². The fraction of sp³-hybridized carbons (Fsp3) is 0.263. The van der Waals surface area contributed by atoms with Gasteiger partial charge in [0.2, 0.25) is 15.0 Å². The van der Waals surface area contributed by atoms with Crippen LogP contribution in [0.15, 0.2) is 53.8 Å². The summed E-state index contributed by atoms with van der Waals surface area (Å²) in [7, 11) is -2.79. The number of hydrogen-bond acceptors (Lipinski definition) is 5. The zero-order valence-electron chi connectivity index (χ0n) is 15.6. The normalized spacial score (nSPS) is 12.2. The minimum atomic E-state index is -4.63. The van der Waals surface area contributed by atoms with Gasteiger partial charge in [-0.15, -0.1) is 0 Å². The van der Waals surface area contributed by atoms with E-state index in [9.17, 15) is 21.6 Å². The lowest BCUT2D eigenvalue weighted by atomic mass is 10.2. The zero-order chi connectivity index (χ0) is 21.2. The second kappa shape index (κ2) is 7.86. The van der Waals surface area contributed by atoms with Crippen molar-refractivity contribution in [2.24, 2.45) is 0 Å². The van der Waals surface area contributed by atoms with E-state index in [0.29, 0.717) is 21.6 Å². The number of sulfone groups is 1. The van der Waals surface area contributed by atoms with Gasteiger partial charge < -0.3 is 9.30 Å². The largest absolute Gasteiger partial charge is 0.497 e. The van der Waals surface area contributed by atoms with Gasteiger partial charge in [-0.2, -0.15) is 13.2 Å². The van der Waals surface area contributed by atoms with Gasteiger partial charge in [-0.1, -0.05) is 30.3 Å². The number of ether oxygens (including phenoxy) is 1. The summed E-state index contributed by atoms with van der Waals surface area (Å²) >= 11 is 0. The lowest BCUT2D eigenvalue weighted by Gasteiger charge is -2.14. The van der Waals surface area contributed by atoms with Crippen LogP contribution >= 0.6 is 0 Å². The SMILES string of the molecule is COc1cc(C)nc(CS(=O)(=O)c2ncc(-c3ccccc3)n2CC(F)(F)F)c1. The minimum absolute atomic E-state index is 0.0660. The van der Waals surface area contributed by atoms with E-state index in [1.54, 1.807) is 43.3 Å². The smallest absolute Gasteiger partial charge is 0.406 e. The van der Waals surface area contributed by atoms with Gasteiger partial charge in [0.15, 0.2) is 0 Å². The third-order valence-electron chi connectivity index (χ3n) is 4.06. The van der Waals surface area contributed by atoms with Crippen LogP contribution in [0, 0.1) is 6.92 Å². The van der Waals surface area contributed by atoms with E-state index < -0.39 is 33.5 Å². The summed E-state index contributed by atoms with van der Waals surface area (Å²) in [5, 5.41) is -0.657. The molecule has 0 radical (unpaired) electrons. The number of aromatic nitrogens is 3. The van der Waals surface area contributed by atoms with Crippen LogP contribution in [0.2, 0.25) is 0 Å². The molecule has 0 saturated heterocycles. The van der Waals surface area contributed by atoms with E-state index in [2.05, 4.69) is 9.97 Å². The summed E-state index contributed by atoms with van der Waals surface area (Å²) in [6.07, 6.45) is -3.49. The summed E-state index contributed by atoms with van der Waals surface area (Å²) in [6, 6.07) is 11.2. The molecule has 0 aliphatic rings. The van der Waals surface area contributed by atoms with Crippen molar-refractivity contribution in [3.8, 4) is 17.0 Å². The summed E-state index contributed by atoms with van der Waals surface area (Å²) in [5.41, 5.74) is 1.18. The first kappa shape index (κ1) is 20.8. The molecule has 6 nitrogen and oxygen atoms in total. The standard InChI is InChI=1S/C19H18F3N3O3S/c1-13-8-16(28-2)9-15(24-13)11-29(26,27)18-23-10-17(14-6-4-3-5-7-14)25(18)12-19(20,21)22/h3-10H,11-12H2,1-2H3. The maximum atomic E-state index is 13.2. The van der Waals surface area contributed by atoms with E-state index in [-0.39, 0.29) is 11.4 Å². The molecule has 0 atom stereocenters. The number of aryl methyl sites for hydroxylation is 1. The van der Waals surface area contributed by atoms with Crippen molar-refractivity contribution in [2.75, 3.05) is 7.11 Å². The first-order valence-electron chi connectivity index (χ1n) is 8.51. The van der Waals surface area contributed by atoms with Crippen LogP contribution in [0.5, 0.6) is 5.75 Å². The molecule has 154 valence electrons. The second-order valence-electron chi connectivity index (χ2n) is 6.39. The van der Waals surface area contributed by atoms with Gasteiger partial charge in [-0.05, 0) is 12.5 Å². The Kier molecular flexibility index (Phi) is 5.65. The lowest BCUT2D eigenvalue weighted by Crippen LogP contribution is -2.22. The maximum absolute atomic E-state index is 13.2. The molecule has 0 N–H and O–H groups in total. The highest BCUT2D eigenvalue weighted by Crippen LogP contribution is 2.29. The molecule has 0 aliphatic heterocycles. The average molecular weight is 425 g/mol. The fourth-order valence-corrected chi connectivity index (χ4v) is 4.31. The summed E-state index contributed by atoms with van der Waals surface area (Å²) < 4.78 is 71.2. The third-order valence-corrected chi connectivity index (χ3v) is 5.62. The fourth-order valence-electron chi connectivity index (χ4n) is 2.93. The Hall–Kier alpha value is -2.88. The number of imidazole rings is 1. The molecule has 0 saturated carbocycles. The van der Waals surface area contributed by atoms with E-state index in [4.69, 9.17) is 4.74 Å². The van der Waals surface area contributed by atoms with Crippen molar-refractivity contribution < 1.29 is 26.3 Å². The van der Waals surface area contributed by atoms with Crippen molar-refractivity contribution >= 4 is 9.84 Å². The minimum Gasteiger partial charge on any atom is -0.497 e. The highest BCUT2D eigenvalue weighted by atomic mass is 32.2. The summed E-state index contributed by atoms with van der Waals surface area (Å²) in [6.45, 7) is 0.188. The van der Waals surface area contributed by atoms with Crippen molar-refractivity contribution in [3.63, 3.8) is 0 Å². The molecule has 3 aromatic rings. The summed E-state index contributed by atoms with van der Waals surface area (Å²) in [4.78, 5) is 7.97. The number of benzene rings is 1. The van der Waals surface area contributed by atoms with Crippen LogP contribution in [0.25, 0.3) is 11.3 Å². The predicted molar refractivity (Wildman–Crippen MR) is 100 cm³/mol. The molecule has 0 unspecified atom stereocenters. The molecule has 0 aliphatic carbocycles. The molecule has 3 rings (SSSR count). The van der Waals surface area contributed by atoms with Crippen molar-refractivity contribution in [2.45, 2.75) is 30.6 Å². The van der Waals surface area contributed by atoms with E-state index >= 15 is 0 Å². The molecule has 29 heavy (non-hydrogen) atoms. The van der Waals surface area contributed by atoms with Crippen LogP contribution in [-0.4, -0.2) is 36.2 Å². The van der Waals surface area contributed by atoms with Gasteiger partial charge >= 0.3 is 6.18 Å². The number of halogens is 3. The number of nitrogens with zero attached hydrogens (tertiary/aromatic N) is 3. The summed E-state index contributed by atoms with van der Waals surface area (Å²) in [5.74, 6) is -0.194. The van der Waals surface area contributed by atoms with Crippen LogP contribution in [-0.2, 0) is 22.1 Å².